The van der Waals surface area contributed by atoms with Crippen LogP contribution in [0.15, 0.2) is 83.5 Å². The molecule has 4 aromatic rings. The van der Waals surface area contributed by atoms with Crippen LogP contribution in [0.1, 0.15) is 41.9 Å². The van der Waals surface area contributed by atoms with Gasteiger partial charge in [0, 0.05) is 30.0 Å². The number of imidazole rings is 1. The van der Waals surface area contributed by atoms with Gasteiger partial charge in [0.05, 0.1) is 11.9 Å². The van der Waals surface area contributed by atoms with Crippen molar-refractivity contribution in [2.75, 3.05) is 20.7 Å². The lowest BCUT2D eigenvalue weighted by molar-refractivity contribution is -0.131. The number of hydrogen-bond acceptors (Lipinski definition) is 5. The Bertz CT molecular complexity index is 1610. The van der Waals surface area contributed by atoms with Crippen LogP contribution in [0.5, 0.6) is 5.75 Å². The summed E-state index contributed by atoms with van der Waals surface area (Å²) in [6.07, 6.45) is 1.50. The van der Waals surface area contributed by atoms with E-state index in [2.05, 4.69) is 31.2 Å². The quantitative estimate of drug-likeness (QED) is 0.234. The fraction of sp³-hybridized carbons (Fsp3) is 0.226. The summed E-state index contributed by atoms with van der Waals surface area (Å²) in [7, 11) is 3.28. The lowest BCUT2D eigenvalue weighted by Crippen LogP contribution is -2.38. The Morgan fingerprint density at radius 3 is 2.48 bits per heavy atom. The first-order valence-corrected chi connectivity index (χ1v) is 14.0. The molecule has 1 saturated heterocycles. The average Bonchev–Trinajstić information content (AvgIpc) is 3.57. The topological polar surface area (TPSA) is 108 Å². The summed E-state index contributed by atoms with van der Waals surface area (Å²) < 4.78 is 20.9. The van der Waals surface area contributed by atoms with E-state index in [1.807, 2.05) is 37.3 Å². The number of H-pyrrole nitrogens is 1. The SMILES string of the molecule is C[C@@H](c1ccccc1)[C@@H](c1ncc(-c2ccc(Br)cc2F)[nH]1)N1C(=O)NC(c2ccc(OCC(=O)N(C)C)cc2)C1=O. The monoisotopic (exact) mass is 633 g/mol. The first kappa shape index (κ1) is 29.0. The molecule has 42 heavy (non-hydrogen) atoms. The zero-order valence-corrected chi connectivity index (χ0v) is 24.8. The highest BCUT2D eigenvalue weighted by molar-refractivity contribution is 9.10. The molecule has 9 nitrogen and oxygen atoms in total. The number of imide groups is 1. The van der Waals surface area contributed by atoms with Crippen molar-refractivity contribution >= 4 is 33.8 Å². The van der Waals surface area contributed by atoms with Crippen LogP contribution in [0.25, 0.3) is 11.3 Å². The minimum atomic E-state index is -0.932. The van der Waals surface area contributed by atoms with Crippen LogP contribution < -0.4 is 10.1 Å². The second-order valence-electron chi connectivity index (χ2n) is 10.2. The largest absolute Gasteiger partial charge is 0.484 e. The van der Waals surface area contributed by atoms with E-state index in [1.54, 1.807) is 50.5 Å². The van der Waals surface area contributed by atoms with Crippen molar-refractivity contribution < 1.29 is 23.5 Å². The van der Waals surface area contributed by atoms with Crippen LogP contribution in [0, 0.1) is 5.82 Å². The predicted molar refractivity (Wildman–Crippen MR) is 158 cm³/mol. The molecule has 0 bridgehead atoms. The third kappa shape index (κ3) is 5.91. The Morgan fingerprint density at radius 2 is 1.81 bits per heavy atom. The third-order valence-corrected chi connectivity index (χ3v) is 7.71. The molecule has 0 saturated carbocycles. The normalized spacial score (nSPS) is 16.2. The molecule has 0 spiro atoms. The summed E-state index contributed by atoms with van der Waals surface area (Å²) >= 11 is 3.27. The lowest BCUT2D eigenvalue weighted by Gasteiger charge is -2.29. The molecule has 2 N–H and O–H groups in total. The summed E-state index contributed by atoms with van der Waals surface area (Å²) in [6.45, 7) is 1.80. The number of benzene rings is 3. The molecule has 1 aromatic heterocycles. The van der Waals surface area contributed by atoms with E-state index < -0.39 is 29.8 Å². The molecule has 3 atom stereocenters. The van der Waals surface area contributed by atoms with Crippen molar-refractivity contribution in [3.05, 3.63) is 106 Å². The highest BCUT2D eigenvalue weighted by Gasteiger charge is 2.46. The minimum absolute atomic E-state index is 0.117. The molecule has 1 aliphatic heterocycles. The number of aromatic nitrogens is 2. The van der Waals surface area contributed by atoms with Gasteiger partial charge in [-0.3, -0.25) is 14.5 Å². The molecule has 0 radical (unpaired) electrons. The number of rotatable bonds is 9. The lowest BCUT2D eigenvalue weighted by atomic mass is 9.91. The number of aromatic amines is 1. The van der Waals surface area contributed by atoms with Gasteiger partial charge in [0.25, 0.3) is 11.8 Å². The van der Waals surface area contributed by atoms with Gasteiger partial charge in [-0.15, -0.1) is 0 Å². The number of ether oxygens (including phenoxy) is 1. The van der Waals surface area contributed by atoms with Crippen LogP contribution in [0.2, 0.25) is 0 Å². The fourth-order valence-corrected chi connectivity index (χ4v) is 5.20. The maximum absolute atomic E-state index is 14.8. The highest BCUT2D eigenvalue weighted by Crippen LogP contribution is 2.39. The molecule has 1 fully saturated rings. The zero-order chi connectivity index (χ0) is 30.0. The summed E-state index contributed by atoms with van der Waals surface area (Å²) in [4.78, 5) is 49.4. The Hall–Kier alpha value is -4.51. The maximum atomic E-state index is 14.8. The van der Waals surface area contributed by atoms with Gasteiger partial charge < -0.3 is 19.9 Å². The third-order valence-electron chi connectivity index (χ3n) is 7.22. The number of carbonyl (C=O) groups is 3. The molecule has 0 aliphatic carbocycles. The van der Waals surface area contributed by atoms with E-state index in [-0.39, 0.29) is 18.4 Å². The fourth-order valence-electron chi connectivity index (χ4n) is 4.87. The van der Waals surface area contributed by atoms with Gasteiger partial charge >= 0.3 is 6.03 Å². The van der Waals surface area contributed by atoms with Crippen molar-refractivity contribution in [2.24, 2.45) is 0 Å². The summed E-state index contributed by atoms with van der Waals surface area (Å²) in [5.74, 6) is -0.615. The zero-order valence-electron chi connectivity index (χ0n) is 23.2. The number of hydrogen-bond donors (Lipinski definition) is 2. The predicted octanol–water partition coefficient (Wildman–Crippen LogP) is 5.58. The van der Waals surface area contributed by atoms with Crippen LogP contribution in [-0.2, 0) is 9.59 Å². The van der Waals surface area contributed by atoms with Crippen LogP contribution in [0.4, 0.5) is 9.18 Å². The van der Waals surface area contributed by atoms with Crippen molar-refractivity contribution in [2.45, 2.75) is 24.9 Å². The van der Waals surface area contributed by atoms with Crippen LogP contribution >= 0.6 is 15.9 Å². The molecule has 5 rings (SSSR count). The summed E-state index contributed by atoms with van der Waals surface area (Å²) in [5.41, 5.74) is 2.19. The molecule has 11 heteroatoms. The second kappa shape index (κ2) is 12.2. The average molecular weight is 635 g/mol. The van der Waals surface area contributed by atoms with Gasteiger partial charge in [-0.2, -0.15) is 0 Å². The van der Waals surface area contributed by atoms with E-state index in [0.717, 1.165) is 5.56 Å². The second-order valence-corrected chi connectivity index (χ2v) is 11.1. The van der Waals surface area contributed by atoms with Gasteiger partial charge in [-0.1, -0.05) is 65.3 Å². The van der Waals surface area contributed by atoms with E-state index in [1.165, 1.54) is 22.1 Å². The molecule has 216 valence electrons. The van der Waals surface area contributed by atoms with Gasteiger partial charge in [0.1, 0.15) is 29.5 Å². The number of amides is 4. The number of nitrogens with one attached hydrogen (secondary N) is 2. The summed E-state index contributed by atoms with van der Waals surface area (Å²) in [6, 6.07) is 18.6. The standard InChI is InChI=1S/C31H29BrFN5O4/c1-18(19-7-5-4-6-8-19)28(29-34-16-25(35-29)23-14-11-21(32)15-24(23)33)38-30(40)27(36-31(38)41)20-9-12-22(13-10-20)42-17-26(39)37(2)3/h4-16,18,27-28H,17H2,1-3H3,(H,34,35)(H,36,41)/t18-,27?,28-/m0/s1. The van der Waals surface area contributed by atoms with Gasteiger partial charge in [-0.25, -0.2) is 14.2 Å². The molecular weight excluding hydrogens is 605 g/mol. The molecule has 3 aromatic carbocycles. The van der Waals surface area contributed by atoms with Crippen molar-refractivity contribution in [3.8, 4) is 17.0 Å². The number of halogens is 2. The first-order chi connectivity index (χ1) is 20.1. The van der Waals surface area contributed by atoms with Crippen molar-refractivity contribution in [1.29, 1.82) is 0 Å². The smallest absolute Gasteiger partial charge is 0.325 e. The van der Waals surface area contributed by atoms with Gasteiger partial charge in [-0.05, 0) is 41.5 Å². The molecule has 1 unspecified atom stereocenters. The number of likely N-dealkylation sites (N-methyl/N-ethyl adjacent to an activating group) is 1. The van der Waals surface area contributed by atoms with E-state index in [0.29, 0.717) is 32.9 Å². The maximum Gasteiger partial charge on any atom is 0.325 e. The molecule has 2 heterocycles. The Balaban J connectivity index is 1.45. The van der Waals surface area contributed by atoms with Gasteiger partial charge in [0.2, 0.25) is 0 Å². The number of carbonyl (C=O) groups excluding carboxylic acids is 3. The molecule has 4 amide bonds. The number of nitrogens with zero attached hydrogens (tertiary/aromatic N) is 3. The van der Waals surface area contributed by atoms with Gasteiger partial charge in [0.15, 0.2) is 6.61 Å². The highest BCUT2D eigenvalue weighted by atomic mass is 79.9. The molecule has 1 aliphatic rings. The first-order valence-electron chi connectivity index (χ1n) is 13.3. The minimum Gasteiger partial charge on any atom is -0.484 e. The van der Waals surface area contributed by atoms with Crippen LogP contribution in [-0.4, -0.2) is 58.3 Å². The Kier molecular flexibility index (Phi) is 8.39. The van der Waals surface area contributed by atoms with Crippen molar-refractivity contribution in [1.82, 2.24) is 25.1 Å². The summed E-state index contributed by atoms with van der Waals surface area (Å²) in [5, 5.41) is 2.79. The van der Waals surface area contributed by atoms with E-state index >= 15 is 0 Å². The van der Waals surface area contributed by atoms with E-state index in [4.69, 9.17) is 4.74 Å². The molecular formula is C31H29BrFN5O4. The number of urea groups is 1. The van der Waals surface area contributed by atoms with E-state index in [9.17, 15) is 18.8 Å². The van der Waals surface area contributed by atoms with Crippen LogP contribution in [0.3, 0.4) is 0 Å². The Morgan fingerprint density at radius 1 is 1.10 bits per heavy atom. The Labute approximate surface area is 250 Å². The van der Waals surface area contributed by atoms with Crippen molar-refractivity contribution in [3.63, 3.8) is 0 Å².